The minimum Gasteiger partial charge on any atom is -0.310 e. The fraction of sp³-hybridized carbons (Fsp3) is 0.172. The molecule has 284 valence electrons. The van der Waals surface area contributed by atoms with Crippen LogP contribution >= 0.6 is 0 Å². The second-order valence-corrected chi connectivity index (χ2v) is 17.7. The van der Waals surface area contributed by atoms with Crippen molar-refractivity contribution < 1.29 is 0 Å². The lowest BCUT2D eigenvalue weighted by molar-refractivity contribution is 0.660. The van der Waals surface area contributed by atoms with Crippen molar-refractivity contribution in [1.29, 1.82) is 0 Å². The predicted octanol–water partition coefficient (Wildman–Crippen LogP) is 15.0. The first kappa shape index (κ1) is 34.6. The molecule has 1 nitrogen and oxygen atoms in total. The lowest BCUT2D eigenvalue weighted by Gasteiger charge is -2.35. The van der Waals surface area contributed by atoms with Crippen molar-refractivity contribution in [2.24, 2.45) is 0 Å². The number of hydrogen-bond acceptors (Lipinski definition) is 1. The zero-order chi connectivity index (χ0) is 39.3. The van der Waals surface area contributed by atoms with Gasteiger partial charge in [-0.15, -0.1) is 0 Å². The van der Waals surface area contributed by atoms with Crippen molar-refractivity contribution in [3.63, 3.8) is 0 Å². The monoisotopic (exact) mass is 757 g/mol. The van der Waals surface area contributed by atoms with Gasteiger partial charge in [0.15, 0.2) is 0 Å². The van der Waals surface area contributed by atoms with E-state index >= 15 is 0 Å². The minimum atomic E-state index is -0.335. The van der Waals surface area contributed by atoms with Crippen molar-refractivity contribution in [2.45, 2.75) is 62.7 Å². The van der Waals surface area contributed by atoms with Crippen LogP contribution in [0.15, 0.2) is 204 Å². The third kappa shape index (κ3) is 4.91. The maximum absolute atomic E-state index is 2.56. The number of rotatable bonds is 5. The van der Waals surface area contributed by atoms with E-state index in [2.05, 4.69) is 201 Å². The Kier molecular flexibility index (Phi) is 7.64. The summed E-state index contributed by atoms with van der Waals surface area (Å²) in [6, 6.07) is 51.2. The molecule has 0 saturated heterocycles. The maximum atomic E-state index is 2.56. The normalized spacial score (nSPS) is 21.0. The molecular weight excluding hydrogens is 711 g/mol. The van der Waals surface area contributed by atoms with Crippen LogP contribution in [0.4, 0.5) is 11.4 Å². The number of nitrogens with zero attached hydrogens (tertiary/aromatic N) is 1. The van der Waals surface area contributed by atoms with Crippen LogP contribution in [0.2, 0.25) is 0 Å². The van der Waals surface area contributed by atoms with Gasteiger partial charge in [-0.3, -0.25) is 0 Å². The smallest absolute Gasteiger partial charge is 0.0686 e. The Labute approximate surface area is 348 Å². The largest absolute Gasteiger partial charge is 0.310 e. The fourth-order valence-corrected chi connectivity index (χ4v) is 11.7. The van der Waals surface area contributed by atoms with Gasteiger partial charge in [-0.25, -0.2) is 0 Å². The van der Waals surface area contributed by atoms with E-state index in [-0.39, 0.29) is 10.8 Å². The Morgan fingerprint density at radius 1 is 0.525 bits per heavy atom. The molecule has 0 bridgehead atoms. The molecular formula is C58H47N. The molecule has 0 saturated carbocycles. The maximum Gasteiger partial charge on any atom is 0.0686 e. The highest BCUT2D eigenvalue weighted by atomic mass is 15.2. The van der Waals surface area contributed by atoms with Gasteiger partial charge >= 0.3 is 0 Å². The van der Waals surface area contributed by atoms with Crippen molar-refractivity contribution in [3.8, 4) is 33.4 Å². The molecule has 12 rings (SSSR count). The molecule has 0 aromatic heterocycles. The zero-order valence-corrected chi connectivity index (χ0v) is 33.9. The first-order valence-electron chi connectivity index (χ1n) is 21.7. The summed E-state index contributed by atoms with van der Waals surface area (Å²) in [5.41, 5.74) is 23.9. The van der Waals surface area contributed by atoms with Crippen molar-refractivity contribution >= 4 is 11.4 Å². The summed E-state index contributed by atoms with van der Waals surface area (Å²) in [6.45, 7) is 4.74. The van der Waals surface area contributed by atoms with Crippen molar-refractivity contribution in [3.05, 3.63) is 238 Å². The molecule has 1 spiro atoms. The summed E-state index contributed by atoms with van der Waals surface area (Å²) in [6.07, 6.45) is 24.5. The topological polar surface area (TPSA) is 3.24 Å². The number of hydrogen-bond donors (Lipinski definition) is 0. The summed E-state index contributed by atoms with van der Waals surface area (Å²) < 4.78 is 0. The Balaban J connectivity index is 1.03. The molecule has 0 radical (unpaired) electrons. The van der Waals surface area contributed by atoms with E-state index in [9.17, 15) is 0 Å². The van der Waals surface area contributed by atoms with Gasteiger partial charge in [-0.2, -0.15) is 0 Å². The molecule has 1 heteroatoms. The molecule has 2 atom stereocenters. The van der Waals surface area contributed by atoms with Crippen molar-refractivity contribution in [2.75, 3.05) is 4.90 Å². The van der Waals surface area contributed by atoms with Crippen LogP contribution in [0.5, 0.6) is 0 Å². The SMILES string of the molecule is CC1(C)c2ccccc2-c2ccc(-c3ccc(N(C4=CCCC=C4C4=CCCC=C4)c4ccc5c(c4)C4(C6=CC=CCC6c6ccccc64)c4ccccc4-5)cc3)cc21. The fourth-order valence-electron chi connectivity index (χ4n) is 11.7. The molecule has 6 aromatic carbocycles. The first-order chi connectivity index (χ1) is 29.0. The Morgan fingerprint density at radius 2 is 1.19 bits per heavy atom. The summed E-state index contributed by atoms with van der Waals surface area (Å²) in [4.78, 5) is 2.56. The lowest BCUT2D eigenvalue weighted by Crippen LogP contribution is -2.28. The van der Waals surface area contributed by atoms with Crippen LogP contribution in [-0.4, -0.2) is 0 Å². The van der Waals surface area contributed by atoms with E-state index in [1.807, 2.05) is 0 Å². The van der Waals surface area contributed by atoms with Gasteiger partial charge in [0, 0.05) is 34.0 Å². The zero-order valence-electron chi connectivity index (χ0n) is 33.9. The standard InChI is InChI=1S/C58H47N/c1-57(2)50-23-11-6-19-44(50)48-34-30-40(36-54(48)57)38-28-31-41(32-29-38)59(56-27-15-10-18-43(56)39-16-4-3-5-17-39)42-33-35-49-47-22-9-14-26-53(47)58(55(49)37-42)51-24-12-7-20-45(51)46-21-8-13-25-52(46)58/h4,6-9,11-14,16-20,22-37,46H,3,5,10,15,21H2,1-2H3. The Morgan fingerprint density at radius 3 is 2.02 bits per heavy atom. The second-order valence-electron chi connectivity index (χ2n) is 17.7. The van der Waals surface area contributed by atoms with Gasteiger partial charge in [0.1, 0.15) is 0 Å². The van der Waals surface area contributed by atoms with Gasteiger partial charge in [0.2, 0.25) is 0 Å². The van der Waals surface area contributed by atoms with Gasteiger partial charge in [-0.1, -0.05) is 166 Å². The van der Waals surface area contributed by atoms with E-state index in [0.717, 1.165) is 32.1 Å². The minimum absolute atomic E-state index is 0.0362. The van der Waals surface area contributed by atoms with E-state index < -0.39 is 0 Å². The van der Waals surface area contributed by atoms with E-state index in [4.69, 9.17) is 0 Å². The van der Waals surface area contributed by atoms with Crippen LogP contribution < -0.4 is 4.90 Å². The summed E-state index contributed by atoms with van der Waals surface area (Å²) >= 11 is 0. The molecule has 0 heterocycles. The Bertz CT molecular complexity index is 2940. The van der Waals surface area contributed by atoms with Crippen LogP contribution in [0, 0.1) is 0 Å². The third-order valence-electron chi connectivity index (χ3n) is 14.3. The highest BCUT2D eigenvalue weighted by molar-refractivity contribution is 5.91. The van der Waals surface area contributed by atoms with Crippen LogP contribution in [0.1, 0.15) is 85.3 Å². The Hall–Kier alpha value is -6.44. The van der Waals surface area contributed by atoms with Gasteiger partial charge < -0.3 is 4.90 Å². The summed E-state index contributed by atoms with van der Waals surface area (Å²) in [7, 11) is 0. The van der Waals surface area contributed by atoms with Crippen LogP contribution in [-0.2, 0) is 10.8 Å². The summed E-state index contributed by atoms with van der Waals surface area (Å²) in [5.74, 6) is 0.377. The number of allylic oxidation sites excluding steroid dienone is 10. The van der Waals surface area contributed by atoms with Crippen molar-refractivity contribution in [1.82, 2.24) is 0 Å². The van der Waals surface area contributed by atoms with E-state index in [0.29, 0.717) is 5.92 Å². The number of benzene rings is 6. The van der Waals surface area contributed by atoms with Gasteiger partial charge in [0.05, 0.1) is 5.41 Å². The molecule has 6 aliphatic rings. The first-order valence-corrected chi connectivity index (χ1v) is 21.7. The lowest BCUT2D eigenvalue weighted by atomic mass is 9.68. The molecule has 6 aliphatic carbocycles. The number of fused-ring (bicyclic) bond motifs is 13. The number of anilines is 2. The molecule has 6 aromatic rings. The second kappa shape index (κ2) is 13.0. The molecule has 0 N–H and O–H groups in total. The third-order valence-corrected chi connectivity index (χ3v) is 14.3. The predicted molar refractivity (Wildman–Crippen MR) is 246 cm³/mol. The van der Waals surface area contributed by atoms with E-state index in [1.54, 1.807) is 0 Å². The van der Waals surface area contributed by atoms with Crippen LogP contribution in [0.3, 0.4) is 0 Å². The molecule has 0 aliphatic heterocycles. The van der Waals surface area contributed by atoms with E-state index in [1.165, 1.54) is 101 Å². The van der Waals surface area contributed by atoms with Gasteiger partial charge in [-0.05, 0) is 140 Å². The molecule has 2 unspecified atom stereocenters. The highest BCUT2D eigenvalue weighted by Gasteiger charge is 2.55. The molecule has 0 fully saturated rings. The quantitative estimate of drug-likeness (QED) is 0.169. The molecule has 59 heavy (non-hydrogen) atoms. The highest BCUT2D eigenvalue weighted by Crippen LogP contribution is 2.65. The van der Waals surface area contributed by atoms with Gasteiger partial charge in [0.25, 0.3) is 0 Å². The summed E-state index contributed by atoms with van der Waals surface area (Å²) in [5, 5.41) is 0. The average molecular weight is 758 g/mol. The van der Waals surface area contributed by atoms with Crippen LogP contribution in [0.25, 0.3) is 33.4 Å². The molecule has 0 amide bonds. The average Bonchev–Trinajstić information content (AvgIpc) is 3.85.